The third kappa shape index (κ3) is 3.92. The van der Waals surface area contributed by atoms with Crippen molar-refractivity contribution in [3.63, 3.8) is 0 Å². The quantitative estimate of drug-likeness (QED) is 0.780. The van der Waals surface area contributed by atoms with Gasteiger partial charge in [-0.2, -0.15) is 0 Å². The summed E-state index contributed by atoms with van der Waals surface area (Å²) in [5, 5.41) is 3.21. The Hall–Kier alpha value is -1.19. The maximum absolute atomic E-state index is 14.2. The van der Waals surface area contributed by atoms with Crippen LogP contribution in [0.15, 0.2) is 46.9 Å². The zero-order valence-electron chi connectivity index (χ0n) is 12.7. The van der Waals surface area contributed by atoms with Crippen LogP contribution in [-0.4, -0.2) is 7.05 Å². The molecule has 2 aromatic carbocycles. The van der Waals surface area contributed by atoms with Gasteiger partial charge in [-0.05, 0) is 52.5 Å². The molecule has 0 spiro atoms. The van der Waals surface area contributed by atoms with Gasteiger partial charge in [0, 0.05) is 11.6 Å². The molecule has 1 nitrogen and oxygen atoms in total. The first-order chi connectivity index (χ1) is 10.0. The topological polar surface area (TPSA) is 12.0 Å². The van der Waals surface area contributed by atoms with E-state index < -0.39 is 0 Å². The van der Waals surface area contributed by atoms with E-state index in [1.807, 2.05) is 19.2 Å². The van der Waals surface area contributed by atoms with Gasteiger partial charge in [0.2, 0.25) is 0 Å². The van der Waals surface area contributed by atoms with Crippen molar-refractivity contribution < 1.29 is 4.39 Å². The Morgan fingerprint density at radius 1 is 1.10 bits per heavy atom. The lowest BCUT2D eigenvalue weighted by Crippen LogP contribution is -2.20. The van der Waals surface area contributed by atoms with E-state index in [1.54, 1.807) is 6.07 Å². The van der Waals surface area contributed by atoms with Crippen molar-refractivity contribution in [2.24, 2.45) is 0 Å². The van der Waals surface area contributed by atoms with Crippen LogP contribution in [0.25, 0.3) is 0 Å². The molecule has 1 unspecified atom stereocenters. The Morgan fingerprint density at radius 3 is 2.33 bits per heavy atom. The molecule has 0 bridgehead atoms. The van der Waals surface area contributed by atoms with Crippen LogP contribution >= 0.6 is 15.9 Å². The first kappa shape index (κ1) is 16.2. The maximum Gasteiger partial charge on any atom is 0.142 e. The highest BCUT2D eigenvalue weighted by Crippen LogP contribution is 2.26. The lowest BCUT2D eigenvalue weighted by atomic mass is 9.96. The van der Waals surface area contributed by atoms with Crippen molar-refractivity contribution in [1.82, 2.24) is 5.32 Å². The second-order valence-corrected chi connectivity index (χ2v) is 6.44. The lowest BCUT2D eigenvalue weighted by molar-refractivity contribution is 0.530. The minimum absolute atomic E-state index is 0.0348. The van der Waals surface area contributed by atoms with Crippen molar-refractivity contribution in [2.75, 3.05) is 7.05 Å². The van der Waals surface area contributed by atoms with Crippen LogP contribution in [0.4, 0.5) is 4.39 Å². The average Bonchev–Trinajstić information content (AvgIpc) is 2.48. The molecule has 1 atom stereocenters. The van der Waals surface area contributed by atoms with Crippen LogP contribution < -0.4 is 5.32 Å². The minimum Gasteiger partial charge on any atom is -0.313 e. The van der Waals surface area contributed by atoms with E-state index in [0.29, 0.717) is 16.0 Å². The van der Waals surface area contributed by atoms with Crippen LogP contribution in [0.5, 0.6) is 0 Å². The molecule has 3 heteroatoms. The number of rotatable bonds is 5. The molecule has 21 heavy (non-hydrogen) atoms. The van der Waals surface area contributed by atoms with Crippen molar-refractivity contribution in [1.29, 1.82) is 0 Å². The Morgan fingerprint density at radius 2 is 1.76 bits per heavy atom. The molecule has 0 heterocycles. The Kier molecular flexibility index (Phi) is 5.54. The molecule has 0 amide bonds. The Labute approximate surface area is 134 Å². The SMILES string of the molecule is CNC(Cc1ccc(C(C)C)cc1)c1cccc(Br)c1F. The number of halogens is 2. The van der Waals surface area contributed by atoms with Gasteiger partial charge in [-0.3, -0.25) is 0 Å². The number of hydrogen-bond acceptors (Lipinski definition) is 1. The summed E-state index contributed by atoms with van der Waals surface area (Å²) in [6, 6.07) is 14.0. The van der Waals surface area contributed by atoms with Gasteiger partial charge >= 0.3 is 0 Å². The summed E-state index contributed by atoms with van der Waals surface area (Å²) >= 11 is 3.25. The van der Waals surface area contributed by atoms with Gasteiger partial charge < -0.3 is 5.32 Å². The van der Waals surface area contributed by atoms with Crippen LogP contribution in [0.3, 0.4) is 0 Å². The number of nitrogens with one attached hydrogen (secondary N) is 1. The number of hydrogen-bond donors (Lipinski definition) is 1. The predicted octanol–water partition coefficient (Wildman–Crippen LogP) is 5.21. The summed E-state index contributed by atoms with van der Waals surface area (Å²) in [4.78, 5) is 0. The molecule has 0 aromatic heterocycles. The minimum atomic E-state index is -0.185. The highest BCUT2D eigenvalue weighted by Gasteiger charge is 2.16. The van der Waals surface area contributed by atoms with Crippen molar-refractivity contribution in [3.8, 4) is 0 Å². The van der Waals surface area contributed by atoms with Crippen molar-refractivity contribution >= 4 is 15.9 Å². The number of likely N-dealkylation sites (N-methyl/N-ethyl adjacent to an activating group) is 1. The van der Waals surface area contributed by atoms with Gasteiger partial charge in [-0.25, -0.2) is 4.39 Å². The molecule has 2 aromatic rings. The summed E-state index contributed by atoms with van der Waals surface area (Å²) in [5.41, 5.74) is 3.23. The van der Waals surface area contributed by atoms with E-state index in [1.165, 1.54) is 11.1 Å². The summed E-state index contributed by atoms with van der Waals surface area (Å²) in [7, 11) is 1.87. The summed E-state index contributed by atoms with van der Waals surface area (Å²) in [6.45, 7) is 4.37. The number of benzene rings is 2. The Balaban J connectivity index is 2.21. The van der Waals surface area contributed by atoms with Gasteiger partial charge in [-0.15, -0.1) is 0 Å². The van der Waals surface area contributed by atoms with E-state index in [0.717, 1.165) is 6.42 Å². The normalized spacial score (nSPS) is 12.7. The van der Waals surface area contributed by atoms with Gasteiger partial charge in [0.25, 0.3) is 0 Å². The van der Waals surface area contributed by atoms with Crippen LogP contribution in [0.1, 0.15) is 42.5 Å². The molecule has 0 fully saturated rings. The van der Waals surface area contributed by atoms with E-state index >= 15 is 0 Å². The average molecular weight is 350 g/mol. The fraction of sp³-hybridized carbons (Fsp3) is 0.333. The molecule has 0 radical (unpaired) electrons. The second kappa shape index (κ2) is 7.19. The van der Waals surface area contributed by atoms with E-state index in [9.17, 15) is 4.39 Å². The Bertz CT molecular complexity index is 593. The molecule has 0 aliphatic carbocycles. The van der Waals surface area contributed by atoms with Crippen molar-refractivity contribution in [2.45, 2.75) is 32.2 Å². The first-order valence-corrected chi connectivity index (χ1v) is 8.02. The monoisotopic (exact) mass is 349 g/mol. The summed E-state index contributed by atoms with van der Waals surface area (Å²) in [5.74, 6) is 0.345. The lowest BCUT2D eigenvalue weighted by Gasteiger charge is -2.18. The molecule has 1 N–H and O–H groups in total. The fourth-order valence-electron chi connectivity index (χ4n) is 2.43. The highest BCUT2D eigenvalue weighted by molar-refractivity contribution is 9.10. The standard InChI is InChI=1S/C18H21BrFN/c1-12(2)14-9-7-13(8-10-14)11-17(21-3)15-5-4-6-16(19)18(15)20/h4-10,12,17,21H,11H2,1-3H3. The molecule has 0 saturated heterocycles. The van der Waals surface area contributed by atoms with Crippen LogP contribution in [0, 0.1) is 5.82 Å². The highest BCUT2D eigenvalue weighted by atomic mass is 79.9. The van der Waals surface area contributed by atoms with Crippen molar-refractivity contribution in [3.05, 3.63) is 69.4 Å². The van der Waals surface area contributed by atoms with E-state index in [-0.39, 0.29) is 11.9 Å². The van der Waals surface area contributed by atoms with E-state index in [2.05, 4.69) is 59.4 Å². The molecule has 2 rings (SSSR count). The third-order valence-corrected chi connectivity index (χ3v) is 4.40. The van der Waals surface area contributed by atoms with Gasteiger partial charge in [0.1, 0.15) is 5.82 Å². The third-order valence-electron chi connectivity index (χ3n) is 3.79. The van der Waals surface area contributed by atoms with E-state index in [4.69, 9.17) is 0 Å². The second-order valence-electron chi connectivity index (χ2n) is 5.58. The van der Waals surface area contributed by atoms with Gasteiger partial charge in [0.15, 0.2) is 0 Å². The largest absolute Gasteiger partial charge is 0.313 e. The smallest absolute Gasteiger partial charge is 0.142 e. The molecule has 112 valence electrons. The first-order valence-electron chi connectivity index (χ1n) is 7.23. The summed E-state index contributed by atoms with van der Waals surface area (Å²) < 4.78 is 14.7. The molecule has 0 aliphatic heterocycles. The van der Waals surface area contributed by atoms with Gasteiger partial charge in [0.05, 0.1) is 4.47 Å². The molecule has 0 saturated carbocycles. The zero-order valence-corrected chi connectivity index (χ0v) is 14.2. The molecular weight excluding hydrogens is 329 g/mol. The van der Waals surface area contributed by atoms with Gasteiger partial charge in [-0.1, -0.05) is 50.2 Å². The van der Waals surface area contributed by atoms with Crippen LogP contribution in [0.2, 0.25) is 0 Å². The predicted molar refractivity (Wildman–Crippen MR) is 90.1 cm³/mol. The summed E-state index contributed by atoms with van der Waals surface area (Å²) in [6.07, 6.45) is 0.766. The fourth-order valence-corrected chi connectivity index (χ4v) is 2.81. The molecule has 0 aliphatic rings. The maximum atomic E-state index is 14.2. The van der Waals surface area contributed by atoms with Crippen LogP contribution in [-0.2, 0) is 6.42 Å². The molecular formula is C18H21BrFN. The zero-order chi connectivity index (χ0) is 15.4.